The Hall–Kier alpha value is -1.02. The van der Waals surface area contributed by atoms with E-state index in [4.69, 9.17) is 0 Å². The first kappa shape index (κ1) is 16.8. The van der Waals surface area contributed by atoms with Crippen molar-refractivity contribution in [2.75, 3.05) is 24.6 Å². The van der Waals surface area contributed by atoms with Crippen LogP contribution in [-0.4, -0.2) is 49.7 Å². The summed E-state index contributed by atoms with van der Waals surface area (Å²) in [5, 5.41) is 0. The van der Waals surface area contributed by atoms with E-state index >= 15 is 0 Å². The van der Waals surface area contributed by atoms with Crippen molar-refractivity contribution in [3.8, 4) is 0 Å². The number of hydrogen-bond donors (Lipinski definition) is 0. The molecule has 1 aromatic carbocycles. The maximum Gasteiger partial charge on any atom is 0.270 e. The number of hydrogen-bond acceptors (Lipinski definition) is 3. The minimum atomic E-state index is -3.16. The molecule has 0 radical (unpaired) electrons. The molecule has 1 aliphatic carbocycles. The SMILES string of the molecule is CC1(C(=O)N2CCS(=O)(=O)CC2)C(c2ccc(Br)cc2)C1(F)F. The lowest BCUT2D eigenvalue weighted by Gasteiger charge is -2.29. The smallest absolute Gasteiger partial charge is 0.270 e. The van der Waals surface area contributed by atoms with E-state index in [9.17, 15) is 22.0 Å². The second kappa shape index (κ2) is 5.24. The molecule has 1 heterocycles. The van der Waals surface area contributed by atoms with Crippen molar-refractivity contribution in [2.24, 2.45) is 5.41 Å². The second-order valence-corrected chi connectivity index (χ2v) is 9.47. The summed E-state index contributed by atoms with van der Waals surface area (Å²) in [6.45, 7) is 1.24. The third-order valence-corrected chi connectivity index (χ3v) is 6.97. The average molecular weight is 408 g/mol. The molecule has 1 aliphatic heterocycles. The van der Waals surface area contributed by atoms with Crippen LogP contribution < -0.4 is 0 Å². The van der Waals surface area contributed by atoms with Gasteiger partial charge in [0.2, 0.25) is 5.91 Å². The number of halogens is 3. The highest BCUT2D eigenvalue weighted by Gasteiger charge is 2.82. The summed E-state index contributed by atoms with van der Waals surface area (Å²) in [6.07, 6.45) is 0. The molecule has 1 amide bonds. The molecule has 3 rings (SSSR count). The van der Waals surface area contributed by atoms with Crippen molar-refractivity contribution in [1.29, 1.82) is 0 Å². The molecule has 0 aromatic heterocycles. The highest BCUT2D eigenvalue weighted by atomic mass is 79.9. The summed E-state index contributed by atoms with van der Waals surface area (Å²) < 4.78 is 52.5. The lowest BCUT2D eigenvalue weighted by atomic mass is 9.99. The third kappa shape index (κ3) is 2.59. The molecule has 0 bridgehead atoms. The number of alkyl halides is 2. The zero-order valence-electron chi connectivity index (χ0n) is 12.4. The normalized spacial score (nSPS) is 31.7. The van der Waals surface area contributed by atoms with E-state index in [2.05, 4.69) is 15.9 Å². The van der Waals surface area contributed by atoms with E-state index in [0.717, 1.165) is 4.47 Å². The van der Waals surface area contributed by atoms with E-state index < -0.39 is 33.0 Å². The predicted molar refractivity (Wildman–Crippen MR) is 85.2 cm³/mol. The minimum Gasteiger partial charge on any atom is -0.340 e. The monoisotopic (exact) mass is 407 g/mol. The van der Waals surface area contributed by atoms with Gasteiger partial charge in [-0.3, -0.25) is 4.79 Å². The van der Waals surface area contributed by atoms with Gasteiger partial charge in [-0.25, -0.2) is 17.2 Å². The van der Waals surface area contributed by atoms with E-state index in [0.29, 0.717) is 5.56 Å². The Morgan fingerprint density at radius 1 is 1.22 bits per heavy atom. The summed E-state index contributed by atoms with van der Waals surface area (Å²) in [4.78, 5) is 13.9. The molecule has 1 saturated heterocycles. The maximum absolute atomic E-state index is 14.4. The van der Waals surface area contributed by atoms with Crippen molar-refractivity contribution < 1.29 is 22.0 Å². The van der Waals surface area contributed by atoms with Crippen LogP contribution >= 0.6 is 15.9 Å². The molecule has 1 aromatic rings. The van der Waals surface area contributed by atoms with Crippen LogP contribution in [0.4, 0.5) is 8.78 Å². The number of nitrogens with zero attached hydrogens (tertiary/aromatic N) is 1. The van der Waals surface area contributed by atoms with Crippen molar-refractivity contribution in [3.05, 3.63) is 34.3 Å². The Kier molecular flexibility index (Phi) is 3.83. The molecule has 1 saturated carbocycles. The largest absolute Gasteiger partial charge is 0.340 e. The van der Waals surface area contributed by atoms with Gasteiger partial charge in [0.05, 0.1) is 17.4 Å². The van der Waals surface area contributed by atoms with Gasteiger partial charge < -0.3 is 4.90 Å². The first-order valence-electron chi connectivity index (χ1n) is 7.23. The topological polar surface area (TPSA) is 54.5 Å². The zero-order valence-corrected chi connectivity index (χ0v) is 14.8. The maximum atomic E-state index is 14.4. The molecule has 23 heavy (non-hydrogen) atoms. The third-order valence-electron chi connectivity index (χ3n) is 4.83. The fourth-order valence-electron chi connectivity index (χ4n) is 3.24. The van der Waals surface area contributed by atoms with Crippen LogP contribution in [0.1, 0.15) is 18.4 Å². The number of carbonyl (C=O) groups is 1. The molecule has 0 spiro atoms. The molecule has 4 nitrogen and oxygen atoms in total. The summed E-state index contributed by atoms with van der Waals surface area (Å²) in [6, 6.07) is 6.51. The van der Waals surface area contributed by atoms with Gasteiger partial charge in [-0.15, -0.1) is 0 Å². The van der Waals surface area contributed by atoms with Crippen LogP contribution in [0.5, 0.6) is 0 Å². The Morgan fingerprint density at radius 2 is 1.74 bits per heavy atom. The summed E-state index contributed by atoms with van der Waals surface area (Å²) in [5.41, 5.74) is -1.39. The van der Waals surface area contributed by atoms with Crippen molar-refractivity contribution in [2.45, 2.75) is 18.8 Å². The fraction of sp³-hybridized carbons (Fsp3) is 0.533. The van der Waals surface area contributed by atoms with E-state index in [1.54, 1.807) is 24.3 Å². The molecule has 8 heteroatoms. The van der Waals surface area contributed by atoms with E-state index in [1.807, 2.05) is 0 Å². The summed E-state index contributed by atoms with van der Waals surface area (Å²) in [7, 11) is -3.16. The Bertz CT molecular complexity index is 736. The van der Waals surface area contributed by atoms with Gasteiger partial charge in [-0.2, -0.15) is 0 Å². The summed E-state index contributed by atoms with van der Waals surface area (Å²) >= 11 is 3.25. The minimum absolute atomic E-state index is 0.0140. The quantitative estimate of drug-likeness (QED) is 0.756. The zero-order chi connectivity index (χ0) is 17.0. The molecule has 0 N–H and O–H groups in total. The van der Waals surface area contributed by atoms with Crippen LogP contribution in [-0.2, 0) is 14.6 Å². The van der Waals surface area contributed by atoms with Crippen molar-refractivity contribution >= 4 is 31.7 Å². The van der Waals surface area contributed by atoms with Gasteiger partial charge in [0, 0.05) is 17.6 Å². The van der Waals surface area contributed by atoms with Crippen LogP contribution in [0.25, 0.3) is 0 Å². The molecule has 2 unspecified atom stereocenters. The van der Waals surface area contributed by atoms with E-state index in [-0.39, 0.29) is 24.6 Å². The van der Waals surface area contributed by atoms with Crippen LogP contribution in [0.15, 0.2) is 28.7 Å². The highest BCUT2D eigenvalue weighted by Crippen LogP contribution is 2.71. The average Bonchev–Trinajstić information content (AvgIpc) is 2.94. The van der Waals surface area contributed by atoms with Crippen LogP contribution in [0.3, 0.4) is 0 Å². The fourth-order valence-corrected chi connectivity index (χ4v) is 4.70. The van der Waals surface area contributed by atoms with Gasteiger partial charge >= 0.3 is 0 Å². The molecule has 2 atom stereocenters. The lowest BCUT2D eigenvalue weighted by molar-refractivity contribution is -0.139. The van der Waals surface area contributed by atoms with E-state index in [1.165, 1.54) is 11.8 Å². The number of carbonyl (C=O) groups excluding carboxylic acids is 1. The van der Waals surface area contributed by atoms with Crippen molar-refractivity contribution in [3.63, 3.8) is 0 Å². The Balaban J connectivity index is 1.83. The van der Waals surface area contributed by atoms with Crippen LogP contribution in [0.2, 0.25) is 0 Å². The number of rotatable bonds is 2. The Labute approximate surface area is 141 Å². The molecular formula is C15H16BrF2NO3S. The Morgan fingerprint density at radius 3 is 2.26 bits per heavy atom. The number of benzene rings is 1. The van der Waals surface area contributed by atoms with Crippen molar-refractivity contribution in [1.82, 2.24) is 4.90 Å². The molecule has 126 valence electrons. The second-order valence-electron chi connectivity index (χ2n) is 6.25. The number of sulfone groups is 1. The van der Waals surface area contributed by atoms with Gasteiger partial charge in [0.1, 0.15) is 5.41 Å². The van der Waals surface area contributed by atoms with Gasteiger partial charge in [-0.1, -0.05) is 28.1 Å². The van der Waals surface area contributed by atoms with Gasteiger partial charge in [0.25, 0.3) is 5.92 Å². The number of amides is 1. The first-order chi connectivity index (χ1) is 10.6. The lowest BCUT2D eigenvalue weighted by Crippen LogP contribution is -2.47. The van der Waals surface area contributed by atoms with Gasteiger partial charge in [0.15, 0.2) is 9.84 Å². The molecular weight excluding hydrogens is 392 g/mol. The predicted octanol–water partition coefficient (Wildman–Crippen LogP) is 2.44. The molecule has 2 aliphatic rings. The summed E-state index contributed by atoms with van der Waals surface area (Å²) in [5.74, 6) is -5.29. The first-order valence-corrected chi connectivity index (χ1v) is 9.84. The van der Waals surface area contributed by atoms with Crippen LogP contribution in [0, 0.1) is 5.41 Å². The highest BCUT2D eigenvalue weighted by molar-refractivity contribution is 9.10. The van der Waals surface area contributed by atoms with Gasteiger partial charge in [-0.05, 0) is 24.6 Å². The standard InChI is InChI=1S/C15H16BrF2NO3S/c1-14(13(20)19-6-8-23(21,22)9-7-19)12(15(14,17)18)10-2-4-11(16)5-3-10/h2-5,12H,6-9H2,1H3. The molecule has 2 fully saturated rings.